The summed E-state index contributed by atoms with van der Waals surface area (Å²) in [5.41, 5.74) is 0.974. The molecule has 2 rings (SSSR count). The summed E-state index contributed by atoms with van der Waals surface area (Å²) in [5.74, 6) is 0.469. The van der Waals surface area contributed by atoms with E-state index in [0.717, 1.165) is 18.4 Å². The van der Waals surface area contributed by atoms with E-state index in [1.807, 2.05) is 30.3 Å². The maximum atomic E-state index is 12.3. The van der Waals surface area contributed by atoms with Gasteiger partial charge in [-0.2, -0.15) is 0 Å². The van der Waals surface area contributed by atoms with Gasteiger partial charge in [-0.15, -0.1) is 0 Å². The van der Waals surface area contributed by atoms with E-state index in [4.69, 9.17) is 4.74 Å². The van der Waals surface area contributed by atoms with Gasteiger partial charge in [0.05, 0.1) is 0 Å². The molecule has 0 aliphatic heterocycles. The number of carbonyl (C=O) groups is 1. The molecule has 1 aromatic carbocycles. The number of hydrogen-bond acceptors (Lipinski definition) is 2. The Kier molecular flexibility index (Phi) is 3.73. The van der Waals surface area contributed by atoms with Gasteiger partial charge in [-0.1, -0.05) is 43.2 Å². The van der Waals surface area contributed by atoms with Crippen molar-refractivity contribution in [3.63, 3.8) is 0 Å². The lowest BCUT2D eigenvalue weighted by Gasteiger charge is -2.18. The van der Waals surface area contributed by atoms with Gasteiger partial charge in [-0.25, -0.2) is 0 Å². The maximum absolute atomic E-state index is 12.3. The Morgan fingerprint density at radius 2 is 1.88 bits per heavy atom. The van der Waals surface area contributed by atoms with Gasteiger partial charge in [-0.05, 0) is 18.4 Å². The quantitative estimate of drug-likeness (QED) is 0.776. The molecule has 86 valence electrons. The zero-order chi connectivity index (χ0) is 11.4. The molecule has 2 heteroatoms. The van der Waals surface area contributed by atoms with E-state index >= 15 is 0 Å². The molecule has 1 unspecified atom stereocenters. The first-order valence-electron chi connectivity index (χ1n) is 5.94. The van der Waals surface area contributed by atoms with Crippen molar-refractivity contribution in [1.29, 1.82) is 0 Å². The van der Waals surface area contributed by atoms with Crippen LogP contribution >= 0.6 is 0 Å². The van der Waals surface area contributed by atoms with Crippen LogP contribution in [0.25, 0.3) is 0 Å². The van der Waals surface area contributed by atoms with Crippen LogP contribution in [0.2, 0.25) is 0 Å². The predicted molar refractivity (Wildman–Crippen MR) is 63.2 cm³/mol. The van der Waals surface area contributed by atoms with Crippen molar-refractivity contribution in [2.45, 2.75) is 31.8 Å². The van der Waals surface area contributed by atoms with Gasteiger partial charge in [0, 0.05) is 13.0 Å². The number of hydrogen-bond donors (Lipinski definition) is 0. The van der Waals surface area contributed by atoms with Gasteiger partial charge in [0.25, 0.3) is 0 Å². The highest BCUT2D eigenvalue weighted by atomic mass is 16.5. The van der Waals surface area contributed by atoms with E-state index in [9.17, 15) is 4.79 Å². The zero-order valence-electron chi connectivity index (χ0n) is 9.69. The van der Waals surface area contributed by atoms with E-state index in [-0.39, 0.29) is 17.8 Å². The fourth-order valence-electron chi connectivity index (χ4n) is 2.47. The molecule has 1 aliphatic carbocycles. The minimum absolute atomic E-state index is 0.213. The summed E-state index contributed by atoms with van der Waals surface area (Å²) < 4.78 is 5.36. The molecule has 0 amide bonds. The Morgan fingerprint density at radius 1 is 1.25 bits per heavy atom. The van der Waals surface area contributed by atoms with Gasteiger partial charge in [0.2, 0.25) is 0 Å². The van der Waals surface area contributed by atoms with Crippen LogP contribution in [0.15, 0.2) is 30.3 Å². The Bertz CT molecular complexity index is 339. The summed E-state index contributed by atoms with van der Waals surface area (Å²) in [6.07, 6.45) is 4.06. The number of methoxy groups -OCH3 is 1. The average Bonchev–Trinajstić information content (AvgIpc) is 2.85. The van der Waals surface area contributed by atoms with Crippen molar-refractivity contribution in [1.82, 2.24) is 0 Å². The molecular weight excluding hydrogens is 200 g/mol. The van der Waals surface area contributed by atoms with Crippen LogP contribution in [0.4, 0.5) is 0 Å². The highest BCUT2D eigenvalue weighted by molar-refractivity contribution is 5.86. The smallest absolute Gasteiger partial charge is 0.169 e. The molecule has 1 aliphatic rings. The zero-order valence-corrected chi connectivity index (χ0v) is 9.69. The number of rotatable bonds is 4. The van der Waals surface area contributed by atoms with Crippen molar-refractivity contribution in [2.24, 2.45) is 5.92 Å². The normalized spacial score (nSPS) is 18.6. The van der Waals surface area contributed by atoms with Gasteiger partial charge in [0.1, 0.15) is 6.10 Å². The molecule has 1 fully saturated rings. The number of benzene rings is 1. The SMILES string of the molecule is COC(C(=O)C1CCCC1)c1ccccc1. The molecule has 1 aromatic rings. The first kappa shape index (κ1) is 11.3. The van der Waals surface area contributed by atoms with Crippen LogP contribution in [0.3, 0.4) is 0 Å². The highest BCUT2D eigenvalue weighted by Gasteiger charge is 2.29. The fraction of sp³-hybridized carbons (Fsp3) is 0.500. The fourth-order valence-corrected chi connectivity index (χ4v) is 2.47. The third-order valence-electron chi connectivity index (χ3n) is 3.35. The molecule has 1 saturated carbocycles. The molecule has 0 N–H and O–H groups in total. The molecule has 2 nitrogen and oxygen atoms in total. The van der Waals surface area contributed by atoms with Gasteiger partial charge < -0.3 is 4.74 Å². The van der Waals surface area contributed by atoms with Gasteiger partial charge >= 0.3 is 0 Å². The Labute approximate surface area is 96.6 Å². The van der Waals surface area contributed by atoms with E-state index in [0.29, 0.717) is 0 Å². The van der Waals surface area contributed by atoms with Crippen molar-refractivity contribution in [2.75, 3.05) is 7.11 Å². The van der Waals surface area contributed by atoms with Crippen molar-refractivity contribution in [3.8, 4) is 0 Å². The minimum atomic E-state index is -0.371. The molecule has 1 atom stereocenters. The van der Waals surface area contributed by atoms with E-state index in [1.165, 1.54) is 12.8 Å². The van der Waals surface area contributed by atoms with Gasteiger partial charge in [-0.3, -0.25) is 4.79 Å². The second-order valence-corrected chi connectivity index (χ2v) is 4.41. The van der Waals surface area contributed by atoms with Crippen molar-refractivity contribution >= 4 is 5.78 Å². The molecule has 0 bridgehead atoms. The second kappa shape index (κ2) is 5.26. The first-order chi connectivity index (χ1) is 7.83. The second-order valence-electron chi connectivity index (χ2n) is 4.41. The van der Waals surface area contributed by atoms with Crippen LogP contribution in [0, 0.1) is 5.92 Å². The molecule has 0 radical (unpaired) electrons. The lowest BCUT2D eigenvalue weighted by atomic mass is 9.94. The minimum Gasteiger partial charge on any atom is -0.369 e. The number of Topliss-reactive ketones (excluding diaryl/α,β-unsaturated/α-hetero) is 1. The lowest BCUT2D eigenvalue weighted by molar-refractivity contribution is -0.133. The Morgan fingerprint density at radius 3 is 2.44 bits per heavy atom. The van der Waals surface area contributed by atoms with Crippen molar-refractivity contribution < 1.29 is 9.53 Å². The Balaban J connectivity index is 2.13. The summed E-state index contributed by atoms with van der Waals surface area (Å²) in [6, 6.07) is 9.77. The highest BCUT2D eigenvalue weighted by Crippen LogP contribution is 2.31. The lowest BCUT2D eigenvalue weighted by Crippen LogP contribution is -2.21. The number of carbonyl (C=O) groups excluding carboxylic acids is 1. The molecule has 0 spiro atoms. The average molecular weight is 218 g/mol. The number of ketones is 1. The molecule has 0 aromatic heterocycles. The maximum Gasteiger partial charge on any atom is 0.169 e. The standard InChI is InChI=1S/C14H18O2/c1-16-14(12-9-3-2-4-10-12)13(15)11-7-5-6-8-11/h2-4,9-11,14H,5-8H2,1H3. The first-order valence-corrected chi connectivity index (χ1v) is 5.94. The van der Waals surface area contributed by atoms with Crippen LogP contribution in [-0.2, 0) is 9.53 Å². The van der Waals surface area contributed by atoms with Gasteiger partial charge in [0.15, 0.2) is 5.78 Å². The summed E-state index contributed by atoms with van der Waals surface area (Å²) in [4.78, 5) is 12.3. The largest absolute Gasteiger partial charge is 0.369 e. The molecule has 0 saturated heterocycles. The van der Waals surface area contributed by atoms with Crippen LogP contribution in [0.5, 0.6) is 0 Å². The summed E-state index contributed by atoms with van der Waals surface area (Å²) >= 11 is 0. The predicted octanol–water partition coefficient (Wildman–Crippen LogP) is 3.13. The molecule has 0 heterocycles. The van der Waals surface area contributed by atoms with Crippen molar-refractivity contribution in [3.05, 3.63) is 35.9 Å². The summed E-state index contributed by atoms with van der Waals surface area (Å²) in [7, 11) is 1.62. The van der Waals surface area contributed by atoms with E-state index in [1.54, 1.807) is 7.11 Å². The molecular formula is C14H18O2. The number of ether oxygens (including phenoxy) is 1. The summed E-state index contributed by atoms with van der Waals surface area (Å²) in [5, 5.41) is 0. The monoisotopic (exact) mass is 218 g/mol. The van der Waals surface area contributed by atoms with E-state index < -0.39 is 0 Å². The topological polar surface area (TPSA) is 26.3 Å². The van der Waals surface area contributed by atoms with Crippen LogP contribution in [0.1, 0.15) is 37.4 Å². The molecule has 16 heavy (non-hydrogen) atoms. The summed E-state index contributed by atoms with van der Waals surface area (Å²) in [6.45, 7) is 0. The Hall–Kier alpha value is -1.15. The van der Waals surface area contributed by atoms with E-state index in [2.05, 4.69) is 0 Å². The van der Waals surface area contributed by atoms with Crippen LogP contribution < -0.4 is 0 Å². The third kappa shape index (κ3) is 2.33. The van der Waals surface area contributed by atoms with Crippen LogP contribution in [-0.4, -0.2) is 12.9 Å². The third-order valence-corrected chi connectivity index (χ3v) is 3.35.